The number of carbonyl (C=O) groups is 1. The van der Waals surface area contributed by atoms with Gasteiger partial charge in [0.25, 0.3) is 0 Å². The summed E-state index contributed by atoms with van der Waals surface area (Å²) in [6.07, 6.45) is 0. The molecule has 0 radical (unpaired) electrons. The molecule has 1 aromatic rings. The number of aromatic carboxylic acids is 1. The molecule has 0 aliphatic heterocycles. The number of nitrogen functional groups attached to an aromatic ring is 1. The second kappa shape index (κ2) is 4.80. The lowest BCUT2D eigenvalue weighted by molar-refractivity contribution is 0.0697. The number of carboxylic acids is 1. The molecule has 0 atom stereocenters. The minimum atomic E-state index is -0.981. The molecule has 0 saturated heterocycles. The standard InChI is InChI=1S/C8H8N2O2.HI/c9-7(10)5-1-3-6(4-2-5)8(11)12;/h1-4H,(H3,9,10)(H,11,12);1H. The van der Waals surface area contributed by atoms with E-state index < -0.39 is 5.97 Å². The van der Waals surface area contributed by atoms with Crippen molar-refractivity contribution in [3.8, 4) is 0 Å². The Morgan fingerprint density at radius 1 is 1.23 bits per heavy atom. The van der Waals surface area contributed by atoms with E-state index in [2.05, 4.69) is 0 Å². The fraction of sp³-hybridized carbons (Fsp3) is 0. The highest BCUT2D eigenvalue weighted by molar-refractivity contribution is 14.0. The van der Waals surface area contributed by atoms with Gasteiger partial charge in [0, 0.05) is 5.56 Å². The summed E-state index contributed by atoms with van der Waals surface area (Å²) in [6.45, 7) is 0. The van der Waals surface area contributed by atoms with E-state index in [-0.39, 0.29) is 35.4 Å². The van der Waals surface area contributed by atoms with Gasteiger partial charge < -0.3 is 10.8 Å². The van der Waals surface area contributed by atoms with Gasteiger partial charge in [0.05, 0.1) is 5.56 Å². The molecule has 0 fully saturated rings. The third kappa shape index (κ3) is 3.02. The minimum Gasteiger partial charge on any atom is -0.478 e. The van der Waals surface area contributed by atoms with Crippen molar-refractivity contribution in [3.05, 3.63) is 35.4 Å². The van der Waals surface area contributed by atoms with Crippen molar-refractivity contribution >= 4 is 35.8 Å². The van der Waals surface area contributed by atoms with Crippen molar-refractivity contribution in [2.24, 2.45) is 5.73 Å². The number of amidine groups is 1. The summed E-state index contributed by atoms with van der Waals surface area (Å²) in [5.74, 6) is -1.04. The van der Waals surface area contributed by atoms with Crippen LogP contribution in [0.5, 0.6) is 0 Å². The Kier molecular flexibility index (Phi) is 4.39. The molecule has 0 aliphatic rings. The van der Waals surface area contributed by atoms with Crippen molar-refractivity contribution in [2.75, 3.05) is 0 Å². The van der Waals surface area contributed by atoms with Crippen molar-refractivity contribution in [2.45, 2.75) is 0 Å². The fourth-order valence-electron chi connectivity index (χ4n) is 0.792. The van der Waals surface area contributed by atoms with Crippen LogP contribution in [-0.2, 0) is 0 Å². The summed E-state index contributed by atoms with van der Waals surface area (Å²) in [5.41, 5.74) is 5.90. The summed E-state index contributed by atoms with van der Waals surface area (Å²) in [5, 5.41) is 15.6. The highest BCUT2D eigenvalue weighted by Crippen LogP contribution is 2.03. The summed E-state index contributed by atoms with van der Waals surface area (Å²) in [4.78, 5) is 10.4. The van der Waals surface area contributed by atoms with E-state index >= 15 is 0 Å². The van der Waals surface area contributed by atoms with Crippen LogP contribution in [0.4, 0.5) is 0 Å². The SMILES string of the molecule is I.N=C(N)c1ccc(C(=O)O)cc1. The Morgan fingerprint density at radius 2 is 1.62 bits per heavy atom. The van der Waals surface area contributed by atoms with Crippen LogP contribution in [0.1, 0.15) is 15.9 Å². The largest absolute Gasteiger partial charge is 0.478 e. The van der Waals surface area contributed by atoms with Gasteiger partial charge in [-0.05, 0) is 12.1 Å². The molecule has 1 aromatic carbocycles. The van der Waals surface area contributed by atoms with Gasteiger partial charge >= 0.3 is 5.97 Å². The van der Waals surface area contributed by atoms with Crippen LogP contribution in [0.25, 0.3) is 0 Å². The molecule has 0 heterocycles. The van der Waals surface area contributed by atoms with Gasteiger partial charge in [-0.2, -0.15) is 0 Å². The number of rotatable bonds is 2. The van der Waals surface area contributed by atoms with E-state index in [4.69, 9.17) is 16.2 Å². The van der Waals surface area contributed by atoms with Crippen LogP contribution in [0, 0.1) is 5.41 Å². The zero-order chi connectivity index (χ0) is 9.14. The lowest BCUT2D eigenvalue weighted by atomic mass is 10.1. The first-order valence-electron chi connectivity index (χ1n) is 3.29. The van der Waals surface area contributed by atoms with Crippen molar-refractivity contribution < 1.29 is 9.90 Å². The molecule has 4 N–H and O–H groups in total. The van der Waals surface area contributed by atoms with Crippen LogP contribution in [-0.4, -0.2) is 16.9 Å². The topological polar surface area (TPSA) is 87.2 Å². The Balaban J connectivity index is 0.00000144. The molecule has 0 unspecified atom stereocenters. The number of carboxylic acid groups (broad SMARTS) is 1. The van der Waals surface area contributed by atoms with Crippen LogP contribution in [0.2, 0.25) is 0 Å². The van der Waals surface area contributed by atoms with Gasteiger partial charge in [0.2, 0.25) is 0 Å². The lowest BCUT2D eigenvalue weighted by Crippen LogP contribution is -2.11. The van der Waals surface area contributed by atoms with E-state index in [1.807, 2.05) is 0 Å². The third-order valence-corrected chi connectivity index (χ3v) is 1.44. The Labute approximate surface area is 92.3 Å². The molecule has 0 spiro atoms. The molecule has 0 saturated carbocycles. The average molecular weight is 292 g/mol. The Bertz CT molecular complexity index is 288. The van der Waals surface area contributed by atoms with Crippen LogP contribution < -0.4 is 5.73 Å². The quantitative estimate of drug-likeness (QED) is 0.436. The van der Waals surface area contributed by atoms with Gasteiger partial charge in [-0.1, -0.05) is 12.1 Å². The first-order valence-corrected chi connectivity index (χ1v) is 3.29. The Morgan fingerprint density at radius 3 is 1.92 bits per heavy atom. The normalized spacial score (nSPS) is 8.62. The third-order valence-electron chi connectivity index (χ3n) is 1.44. The molecule has 13 heavy (non-hydrogen) atoms. The highest BCUT2D eigenvalue weighted by Gasteiger charge is 2.01. The van der Waals surface area contributed by atoms with Crippen LogP contribution in [0.3, 0.4) is 0 Å². The predicted molar refractivity (Wildman–Crippen MR) is 59.8 cm³/mol. The number of benzene rings is 1. The second-order valence-corrected chi connectivity index (χ2v) is 2.30. The average Bonchev–Trinajstić information content (AvgIpc) is 2.04. The lowest BCUT2D eigenvalue weighted by Gasteiger charge is -1.97. The number of nitrogens with two attached hydrogens (primary N) is 1. The second-order valence-electron chi connectivity index (χ2n) is 2.30. The van der Waals surface area contributed by atoms with Gasteiger partial charge in [-0.3, -0.25) is 5.41 Å². The van der Waals surface area contributed by atoms with Gasteiger partial charge in [-0.25, -0.2) is 4.79 Å². The van der Waals surface area contributed by atoms with E-state index in [9.17, 15) is 4.79 Å². The first-order chi connectivity index (χ1) is 5.61. The molecule has 1 rings (SSSR count). The minimum absolute atomic E-state index is 0. The molecule has 0 bridgehead atoms. The van der Waals surface area contributed by atoms with Crippen molar-refractivity contribution in [1.82, 2.24) is 0 Å². The smallest absolute Gasteiger partial charge is 0.335 e. The maximum absolute atomic E-state index is 10.4. The summed E-state index contributed by atoms with van der Waals surface area (Å²) >= 11 is 0. The van der Waals surface area contributed by atoms with E-state index in [1.165, 1.54) is 24.3 Å². The highest BCUT2D eigenvalue weighted by atomic mass is 127. The predicted octanol–water partition coefficient (Wildman–Crippen LogP) is 1.29. The molecule has 5 heteroatoms. The fourth-order valence-corrected chi connectivity index (χ4v) is 0.792. The van der Waals surface area contributed by atoms with Crippen LogP contribution >= 0.6 is 24.0 Å². The summed E-state index contributed by atoms with van der Waals surface area (Å²) in [6, 6.07) is 5.84. The maximum atomic E-state index is 10.4. The van der Waals surface area contributed by atoms with Crippen molar-refractivity contribution in [1.29, 1.82) is 5.41 Å². The molecule has 0 aromatic heterocycles. The molecule has 4 nitrogen and oxygen atoms in total. The number of halogens is 1. The molecule has 70 valence electrons. The van der Waals surface area contributed by atoms with Gasteiger partial charge in [0.15, 0.2) is 0 Å². The zero-order valence-corrected chi connectivity index (χ0v) is 8.98. The van der Waals surface area contributed by atoms with Crippen molar-refractivity contribution in [3.63, 3.8) is 0 Å². The Hall–Kier alpha value is -1.11. The number of hydrogen-bond donors (Lipinski definition) is 3. The molecule has 0 aliphatic carbocycles. The van der Waals surface area contributed by atoms with Gasteiger partial charge in [-0.15, -0.1) is 24.0 Å². The van der Waals surface area contributed by atoms with E-state index in [0.717, 1.165) is 0 Å². The molecule has 0 amide bonds. The maximum Gasteiger partial charge on any atom is 0.335 e. The van der Waals surface area contributed by atoms with Crippen LogP contribution in [0.15, 0.2) is 24.3 Å². The van der Waals surface area contributed by atoms with Gasteiger partial charge in [0.1, 0.15) is 5.84 Å². The zero-order valence-electron chi connectivity index (χ0n) is 6.65. The summed E-state index contributed by atoms with van der Waals surface area (Å²) in [7, 11) is 0. The summed E-state index contributed by atoms with van der Waals surface area (Å²) < 4.78 is 0. The van der Waals surface area contributed by atoms with E-state index in [1.54, 1.807) is 0 Å². The molecular formula is C8H9IN2O2. The first kappa shape index (κ1) is 11.9. The number of nitrogens with one attached hydrogen (secondary N) is 1. The number of hydrogen-bond acceptors (Lipinski definition) is 2. The monoisotopic (exact) mass is 292 g/mol. The van der Waals surface area contributed by atoms with E-state index in [0.29, 0.717) is 5.56 Å². The molecular weight excluding hydrogens is 283 g/mol.